The summed E-state index contributed by atoms with van der Waals surface area (Å²) >= 11 is 5.76. The second kappa shape index (κ2) is 6.50. The minimum absolute atomic E-state index is 0.120. The van der Waals surface area contributed by atoms with E-state index in [4.69, 9.17) is 11.6 Å². The zero-order valence-corrected chi connectivity index (χ0v) is 14.2. The molecule has 0 saturated carbocycles. The van der Waals surface area contributed by atoms with Crippen LogP contribution in [0, 0.1) is 13.8 Å². The van der Waals surface area contributed by atoms with Crippen molar-refractivity contribution in [1.29, 1.82) is 0 Å². The van der Waals surface area contributed by atoms with E-state index in [0.717, 1.165) is 16.7 Å². The first-order chi connectivity index (χ1) is 10.3. The van der Waals surface area contributed by atoms with E-state index >= 15 is 0 Å². The molecule has 0 saturated heterocycles. The Morgan fingerprint density at radius 1 is 1.09 bits per heavy atom. The van der Waals surface area contributed by atoms with Crippen LogP contribution in [0.1, 0.15) is 23.6 Å². The highest BCUT2D eigenvalue weighted by Gasteiger charge is 2.13. The highest BCUT2D eigenvalue weighted by Crippen LogP contribution is 2.15. The second-order valence-corrected chi connectivity index (χ2v) is 7.16. The molecule has 0 aliphatic heterocycles. The second-order valence-electron chi connectivity index (χ2n) is 5.06. The lowest BCUT2D eigenvalue weighted by atomic mass is 10.0. The van der Waals surface area contributed by atoms with Crippen LogP contribution in [0.4, 0.5) is 0 Å². The van der Waals surface area contributed by atoms with Crippen molar-refractivity contribution in [3.05, 3.63) is 64.2 Å². The molecule has 4 nitrogen and oxygen atoms in total. The Kier molecular flexibility index (Phi) is 4.88. The van der Waals surface area contributed by atoms with E-state index in [9.17, 15) is 8.42 Å². The van der Waals surface area contributed by atoms with Crippen molar-refractivity contribution in [3.8, 4) is 0 Å². The molecule has 1 N–H and O–H groups in total. The summed E-state index contributed by atoms with van der Waals surface area (Å²) in [5, 5.41) is 4.48. The molecular weight excluding hydrogens is 320 g/mol. The first-order valence-corrected chi connectivity index (χ1v) is 8.55. The predicted molar refractivity (Wildman–Crippen MR) is 89.9 cm³/mol. The number of aryl methyl sites for hydroxylation is 2. The molecule has 0 amide bonds. The lowest BCUT2D eigenvalue weighted by Crippen LogP contribution is -2.20. The van der Waals surface area contributed by atoms with Gasteiger partial charge in [0.1, 0.15) is 0 Å². The smallest absolute Gasteiger partial charge is 0.200 e. The standard InChI is InChI=1S/C16H17ClN2O2S/c1-11-4-9-16(12(2)10-11)13(3)18-19-22(20,21)15-7-5-14(17)6-8-15/h4-10,19H,1-3H3. The van der Waals surface area contributed by atoms with Gasteiger partial charge in [-0.15, -0.1) is 0 Å². The molecule has 0 spiro atoms. The van der Waals surface area contributed by atoms with Gasteiger partial charge in [-0.2, -0.15) is 18.4 Å². The van der Waals surface area contributed by atoms with Crippen LogP contribution in [0.5, 0.6) is 0 Å². The Balaban J connectivity index is 2.24. The number of sulfonamides is 1. The fourth-order valence-electron chi connectivity index (χ4n) is 2.07. The van der Waals surface area contributed by atoms with Gasteiger partial charge < -0.3 is 0 Å². The lowest BCUT2D eigenvalue weighted by Gasteiger charge is -2.08. The van der Waals surface area contributed by atoms with Gasteiger partial charge in [-0.3, -0.25) is 0 Å². The zero-order valence-electron chi connectivity index (χ0n) is 12.6. The maximum absolute atomic E-state index is 12.2. The Labute approximate surface area is 135 Å². The van der Waals surface area contributed by atoms with Gasteiger partial charge in [0.15, 0.2) is 0 Å². The number of hydrazone groups is 1. The van der Waals surface area contributed by atoms with Crippen LogP contribution < -0.4 is 4.83 Å². The highest BCUT2D eigenvalue weighted by atomic mass is 35.5. The molecule has 0 atom stereocenters. The van der Waals surface area contributed by atoms with Gasteiger partial charge in [-0.25, -0.2) is 0 Å². The summed E-state index contributed by atoms with van der Waals surface area (Å²) in [6, 6.07) is 11.9. The minimum atomic E-state index is -3.70. The first kappa shape index (κ1) is 16.5. The first-order valence-electron chi connectivity index (χ1n) is 6.69. The van der Waals surface area contributed by atoms with Crippen molar-refractivity contribution >= 4 is 27.3 Å². The van der Waals surface area contributed by atoms with Gasteiger partial charge in [0.05, 0.1) is 10.6 Å². The summed E-state index contributed by atoms with van der Waals surface area (Å²) in [5.74, 6) is 0. The van der Waals surface area contributed by atoms with Crippen molar-refractivity contribution in [2.45, 2.75) is 25.7 Å². The third-order valence-electron chi connectivity index (χ3n) is 3.23. The van der Waals surface area contributed by atoms with Crippen molar-refractivity contribution in [3.63, 3.8) is 0 Å². The molecule has 0 fully saturated rings. The summed E-state index contributed by atoms with van der Waals surface area (Å²) in [7, 11) is -3.70. The van der Waals surface area contributed by atoms with E-state index in [2.05, 4.69) is 9.93 Å². The number of benzene rings is 2. The molecule has 2 aromatic rings. The summed E-state index contributed by atoms with van der Waals surface area (Å²) in [4.78, 5) is 2.37. The largest absolute Gasteiger partial charge is 0.276 e. The molecule has 6 heteroatoms. The Morgan fingerprint density at radius 3 is 2.32 bits per heavy atom. The molecule has 0 aliphatic carbocycles. The number of nitrogens with zero attached hydrogens (tertiary/aromatic N) is 1. The Hall–Kier alpha value is -1.85. The van der Waals surface area contributed by atoms with Crippen LogP contribution in [0.15, 0.2) is 52.5 Å². The fourth-order valence-corrected chi connectivity index (χ4v) is 3.06. The van der Waals surface area contributed by atoms with Gasteiger partial charge in [0.25, 0.3) is 10.0 Å². The van der Waals surface area contributed by atoms with Crippen molar-refractivity contribution in [1.82, 2.24) is 4.83 Å². The Bertz CT molecular complexity index is 813. The molecule has 0 aromatic heterocycles. The molecular formula is C16H17ClN2O2S. The average molecular weight is 337 g/mol. The average Bonchev–Trinajstić information content (AvgIpc) is 2.45. The van der Waals surface area contributed by atoms with E-state index < -0.39 is 10.0 Å². The minimum Gasteiger partial charge on any atom is -0.200 e. The number of halogens is 1. The molecule has 2 rings (SSSR count). The molecule has 116 valence electrons. The quantitative estimate of drug-likeness (QED) is 0.684. The fraction of sp³-hybridized carbons (Fsp3) is 0.188. The summed E-state index contributed by atoms with van der Waals surface area (Å²) < 4.78 is 24.3. The molecule has 22 heavy (non-hydrogen) atoms. The van der Waals surface area contributed by atoms with Gasteiger partial charge in [-0.05, 0) is 50.6 Å². The third-order valence-corrected chi connectivity index (χ3v) is 4.71. The summed E-state index contributed by atoms with van der Waals surface area (Å²) in [5.41, 5.74) is 3.71. The monoisotopic (exact) mass is 336 g/mol. The van der Waals surface area contributed by atoms with Crippen LogP contribution in [0.25, 0.3) is 0 Å². The van der Waals surface area contributed by atoms with Crippen LogP contribution in [-0.2, 0) is 10.0 Å². The van der Waals surface area contributed by atoms with Crippen molar-refractivity contribution in [2.75, 3.05) is 0 Å². The molecule has 2 aromatic carbocycles. The van der Waals surface area contributed by atoms with E-state index in [1.165, 1.54) is 24.3 Å². The Morgan fingerprint density at radius 2 is 1.73 bits per heavy atom. The number of hydrogen-bond acceptors (Lipinski definition) is 3. The van der Waals surface area contributed by atoms with Gasteiger partial charge in [0.2, 0.25) is 0 Å². The summed E-state index contributed by atoms with van der Waals surface area (Å²) in [6.07, 6.45) is 0. The maximum Gasteiger partial charge on any atom is 0.276 e. The lowest BCUT2D eigenvalue weighted by molar-refractivity contribution is 0.584. The normalized spacial score (nSPS) is 12.3. The van der Waals surface area contributed by atoms with E-state index in [-0.39, 0.29) is 4.90 Å². The number of rotatable bonds is 4. The number of hydrogen-bond donors (Lipinski definition) is 1. The van der Waals surface area contributed by atoms with Crippen LogP contribution >= 0.6 is 11.6 Å². The SMILES string of the molecule is CC(=NNS(=O)(=O)c1ccc(Cl)cc1)c1ccc(C)cc1C. The highest BCUT2D eigenvalue weighted by molar-refractivity contribution is 7.89. The zero-order chi connectivity index (χ0) is 16.3. The van der Waals surface area contributed by atoms with Gasteiger partial charge in [-0.1, -0.05) is 35.4 Å². The molecule has 0 unspecified atom stereocenters. The molecule has 0 bridgehead atoms. The molecule has 0 aliphatic rings. The maximum atomic E-state index is 12.2. The third kappa shape index (κ3) is 3.87. The molecule has 0 radical (unpaired) electrons. The van der Waals surface area contributed by atoms with E-state index in [0.29, 0.717) is 10.7 Å². The molecule has 0 heterocycles. The number of nitrogens with one attached hydrogen (secondary N) is 1. The predicted octanol–water partition coefficient (Wildman–Crippen LogP) is 3.66. The van der Waals surface area contributed by atoms with Crippen molar-refractivity contribution in [2.24, 2.45) is 5.10 Å². The summed E-state index contributed by atoms with van der Waals surface area (Å²) in [6.45, 7) is 5.74. The van der Waals surface area contributed by atoms with Gasteiger partial charge >= 0.3 is 0 Å². The van der Waals surface area contributed by atoms with Crippen LogP contribution in [-0.4, -0.2) is 14.1 Å². The van der Waals surface area contributed by atoms with Crippen molar-refractivity contribution < 1.29 is 8.42 Å². The van der Waals surface area contributed by atoms with Gasteiger partial charge in [0, 0.05) is 10.6 Å². The van der Waals surface area contributed by atoms with Crippen LogP contribution in [0.3, 0.4) is 0 Å². The topological polar surface area (TPSA) is 58.5 Å². The van der Waals surface area contributed by atoms with E-state index in [1.807, 2.05) is 32.0 Å². The van der Waals surface area contributed by atoms with E-state index in [1.54, 1.807) is 6.92 Å². The van der Waals surface area contributed by atoms with Crippen LogP contribution in [0.2, 0.25) is 5.02 Å².